The molecule has 19 heavy (non-hydrogen) atoms. The maximum atomic E-state index is 12.7. The summed E-state index contributed by atoms with van der Waals surface area (Å²) in [5.41, 5.74) is 0. The molecule has 2 saturated heterocycles. The predicted molar refractivity (Wildman–Crippen MR) is 82.5 cm³/mol. The van der Waals surface area contributed by atoms with Crippen molar-refractivity contribution in [3.05, 3.63) is 27.8 Å². The van der Waals surface area contributed by atoms with Crippen molar-refractivity contribution in [3.63, 3.8) is 0 Å². The summed E-state index contributed by atoms with van der Waals surface area (Å²) in [6.45, 7) is 1.23. The van der Waals surface area contributed by atoms with Gasteiger partial charge in [0.05, 0.1) is 4.90 Å². The van der Waals surface area contributed by atoms with Crippen LogP contribution in [0.25, 0.3) is 0 Å². The van der Waals surface area contributed by atoms with Gasteiger partial charge in [-0.2, -0.15) is 4.31 Å². The molecule has 2 aliphatic rings. The van der Waals surface area contributed by atoms with Crippen LogP contribution in [0, 0.1) is 3.57 Å². The molecule has 0 radical (unpaired) electrons. The molecule has 2 bridgehead atoms. The number of benzene rings is 1. The topological polar surface area (TPSA) is 49.4 Å². The lowest BCUT2D eigenvalue weighted by Crippen LogP contribution is -2.39. The van der Waals surface area contributed by atoms with Crippen molar-refractivity contribution in [2.45, 2.75) is 36.2 Å². The summed E-state index contributed by atoms with van der Waals surface area (Å²) in [5.74, 6) is 0. The summed E-state index contributed by atoms with van der Waals surface area (Å²) in [4.78, 5) is 0.414. The Balaban J connectivity index is 1.88. The van der Waals surface area contributed by atoms with Crippen molar-refractivity contribution < 1.29 is 8.42 Å². The molecule has 0 spiro atoms. The van der Waals surface area contributed by atoms with Crippen LogP contribution in [0.15, 0.2) is 29.2 Å². The second-order valence-electron chi connectivity index (χ2n) is 5.25. The third-order valence-electron chi connectivity index (χ3n) is 3.92. The van der Waals surface area contributed by atoms with Gasteiger partial charge in [0.1, 0.15) is 0 Å². The molecule has 104 valence electrons. The van der Waals surface area contributed by atoms with Crippen LogP contribution < -0.4 is 5.32 Å². The number of hydrogen-bond acceptors (Lipinski definition) is 3. The van der Waals surface area contributed by atoms with E-state index in [9.17, 15) is 8.42 Å². The average molecular weight is 392 g/mol. The van der Waals surface area contributed by atoms with Crippen LogP contribution in [0.2, 0.25) is 0 Å². The summed E-state index contributed by atoms with van der Waals surface area (Å²) >= 11 is 2.15. The van der Waals surface area contributed by atoms with E-state index in [1.165, 1.54) is 6.42 Å². The predicted octanol–water partition coefficient (Wildman–Crippen LogP) is 1.81. The monoisotopic (exact) mass is 392 g/mol. The zero-order valence-corrected chi connectivity index (χ0v) is 13.5. The molecule has 3 rings (SSSR count). The number of sulfonamides is 1. The van der Waals surface area contributed by atoms with Crippen LogP contribution in [0.4, 0.5) is 0 Å². The first-order valence-corrected chi connectivity index (χ1v) is 9.09. The maximum absolute atomic E-state index is 12.7. The highest BCUT2D eigenvalue weighted by Gasteiger charge is 2.34. The fourth-order valence-electron chi connectivity index (χ4n) is 2.91. The molecule has 0 saturated carbocycles. The number of nitrogens with zero attached hydrogens (tertiary/aromatic N) is 1. The van der Waals surface area contributed by atoms with Gasteiger partial charge in [-0.05, 0) is 60.1 Å². The molecule has 4 nitrogen and oxygen atoms in total. The normalized spacial score (nSPS) is 28.3. The quantitative estimate of drug-likeness (QED) is 0.782. The highest BCUT2D eigenvalue weighted by atomic mass is 127. The van der Waals surface area contributed by atoms with Crippen molar-refractivity contribution in [1.29, 1.82) is 0 Å². The first-order valence-electron chi connectivity index (χ1n) is 6.57. The third kappa shape index (κ3) is 2.81. The Morgan fingerprint density at radius 3 is 2.79 bits per heavy atom. The summed E-state index contributed by atoms with van der Waals surface area (Å²) < 4.78 is 27.9. The lowest BCUT2D eigenvalue weighted by atomic mass is 10.1. The lowest BCUT2D eigenvalue weighted by Gasteiger charge is -2.23. The van der Waals surface area contributed by atoms with Crippen molar-refractivity contribution in [2.75, 3.05) is 13.1 Å². The van der Waals surface area contributed by atoms with E-state index >= 15 is 0 Å². The van der Waals surface area contributed by atoms with Crippen LogP contribution in [0.1, 0.15) is 19.3 Å². The molecule has 1 aromatic rings. The molecule has 0 aromatic heterocycles. The standard InChI is InChI=1S/C13H17IN2O2S/c14-10-2-1-3-13(8-10)19(17,18)16-7-6-11-4-5-12(9-16)15-11/h1-3,8,11-12,15H,4-7,9H2. The number of hydrogen-bond donors (Lipinski definition) is 1. The van der Waals surface area contributed by atoms with Gasteiger partial charge in [0, 0.05) is 28.7 Å². The number of nitrogens with one attached hydrogen (secondary N) is 1. The Kier molecular flexibility index (Phi) is 3.85. The van der Waals surface area contributed by atoms with E-state index in [0.29, 0.717) is 30.1 Å². The Bertz CT molecular complexity index is 576. The van der Waals surface area contributed by atoms with E-state index in [1.807, 2.05) is 6.07 Å². The summed E-state index contributed by atoms with van der Waals surface area (Å²) in [6, 6.07) is 7.97. The second kappa shape index (κ2) is 5.31. The molecule has 1 N–H and O–H groups in total. The van der Waals surface area contributed by atoms with Gasteiger partial charge in [0.25, 0.3) is 0 Å². The maximum Gasteiger partial charge on any atom is 0.243 e. The first kappa shape index (κ1) is 13.8. The van der Waals surface area contributed by atoms with E-state index in [4.69, 9.17) is 0 Å². The molecule has 2 fully saturated rings. The van der Waals surface area contributed by atoms with Gasteiger partial charge in [-0.1, -0.05) is 6.07 Å². The largest absolute Gasteiger partial charge is 0.310 e. The minimum atomic E-state index is -3.34. The SMILES string of the molecule is O=S(=O)(c1cccc(I)c1)N1CCC2CCC(C1)N2. The van der Waals surface area contributed by atoms with Crippen molar-refractivity contribution in [3.8, 4) is 0 Å². The van der Waals surface area contributed by atoms with Crippen LogP contribution in [-0.2, 0) is 10.0 Å². The highest BCUT2D eigenvalue weighted by molar-refractivity contribution is 14.1. The molecular weight excluding hydrogens is 375 g/mol. The molecule has 0 amide bonds. The molecule has 2 unspecified atom stereocenters. The zero-order valence-electron chi connectivity index (χ0n) is 10.5. The van der Waals surface area contributed by atoms with Crippen molar-refractivity contribution in [1.82, 2.24) is 9.62 Å². The molecule has 6 heteroatoms. The fourth-order valence-corrected chi connectivity index (χ4v) is 5.21. The van der Waals surface area contributed by atoms with Gasteiger partial charge in [-0.3, -0.25) is 0 Å². The number of rotatable bonds is 2. The molecular formula is C13H17IN2O2S. The Labute approximate surface area is 127 Å². The van der Waals surface area contributed by atoms with Crippen LogP contribution in [0.5, 0.6) is 0 Å². The summed E-state index contributed by atoms with van der Waals surface area (Å²) in [6.07, 6.45) is 3.18. The zero-order chi connectivity index (χ0) is 13.5. The van der Waals surface area contributed by atoms with Gasteiger partial charge in [-0.25, -0.2) is 8.42 Å². The van der Waals surface area contributed by atoms with Crippen LogP contribution in [0.3, 0.4) is 0 Å². The van der Waals surface area contributed by atoms with Crippen LogP contribution >= 0.6 is 22.6 Å². The van der Waals surface area contributed by atoms with E-state index < -0.39 is 10.0 Å². The molecule has 2 atom stereocenters. The Morgan fingerprint density at radius 1 is 1.21 bits per heavy atom. The fraction of sp³-hybridized carbons (Fsp3) is 0.538. The summed E-state index contributed by atoms with van der Waals surface area (Å²) in [7, 11) is -3.34. The van der Waals surface area contributed by atoms with Gasteiger partial charge < -0.3 is 5.32 Å². The van der Waals surface area contributed by atoms with Gasteiger partial charge in [0.2, 0.25) is 10.0 Å². The number of halogens is 1. The highest BCUT2D eigenvalue weighted by Crippen LogP contribution is 2.25. The average Bonchev–Trinajstić information content (AvgIpc) is 2.68. The minimum absolute atomic E-state index is 0.324. The molecule has 2 heterocycles. The van der Waals surface area contributed by atoms with E-state index in [-0.39, 0.29) is 0 Å². The molecule has 0 aliphatic carbocycles. The van der Waals surface area contributed by atoms with E-state index in [2.05, 4.69) is 27.9 Å². The second-order valence-corrected chi connectivity index (χ2v) is 8.43. The van der Waals surface area contributed by atoms with E-state index in [1.54, 1.807) is 22.5 Å². The number of fused-ring (bicyclic) bond motifs is 2. The smallest absolute Gasteiger partial charge is 0.243 e. The minimum Gasteiger partial charge on any atom is -0.310 e. The van der Waals surface area contributed by atoms with Gasteiger partial charge in [-0.15, -0.1) is 0 Å². The molecule has 2 aliphatic heterocycles. The van der Waals surface area contributed by atoms with Crippen molar-refractivity contribution in [2.24, 2.45) is 0 Å². The van der Waals surface area contributed by atoms with E-state index in [0.717, 1.165) is 16.4 Å². The lowest BCUT2D eigenvalue weighted by molar-refractivity contribution is 0.383. The van der Waals surface area contributed by atoms with Crippen LogP contribution in [-0.4, -0.2) is 37.9 Å². The third-order valence-corrected chi connectivity index (χ3v) is 6.45. The first-order chi connectivity index (χ1) is 9.05. The Morgan fingerprint density at radius 2 is 2.00 bits per heavy atom. The Hall–Kier alpha value is -0.180. The van der Waals surface area contributed by atoms with Gasteiger partial charge in [0.15, 0.2) is 0 Å². The summed E-state index contributed by atoms with van der Waals surface area (Å²) in [5, 5.41) is 3.51. The molecule has 1 aromatic carbocycles. The van der Waals surface area contributed by atoms with Crippen molar-refractivity contribution >= 4 is 32.6 Å². The van der Waals surface area contributed by atoms with Gasteiger partial charge >= 0.3 is 0 Å².